The molecule has 4 nitrogen and oxygen atoms in total. The van der Waals surface area contributed by atoms with Crippen LogP contribution in [-0.2, 0) is 4.74 Å². The van der Waals surface area contributed by atoms with Crippen LogP contribution in [0.2, 0.25) is 0 Å². The molecule has 1 heterocycles. The van der Waals surface area contributed by atoms with Gasteiger partial charge in [-0.15, -0.1) is 12.4 Å². The van der Waals surface area contributed by atoms with Crippen LogP contribution in [0, 0.1) is 0 Å². The summed E-state index contributed by atoms with van der Waals surface area (Å²) < 4.78 is 6.36. The van der Waals surface area contributed by atoms with E-state index in [-0.39, 0.29) is 24.5 Å². The Balaban J connectivity index is 0.00000200. The van der Waals surface area contributed by atoms with Crippen molar-refractivity contribution in [2.45, 2.75) is 38.8 Å². The summed E-state index contributed by atoms with van der Waals surface area (Å²) in [5.74, 6) is 0. The Hall–Kier alpha value is -0.780. The van der Waals surface area contributed by atoms with Gasteiger partial charge < -0.3 is 10.5 Å². The van der Waals surface area contributed by atoms with Crippen molar-refractivity contribution >= 4 is 40.1 Å². The third-order valence-corrected chi connectivity index (χ3v) is 3.45. The molecule has 0 aliphatic carbocycles. The molecule has 0 bridgehead atoms. The normalized spacial score (nSPS) is 18.1. The van der Waals surface area contributed by atoms with Gasteiger partial charge in [0.25, 0.3) is 0 Å². The van der Waals surface area contributed by atoms with E-state index in [1.807, 2.05) is 39.0 Å². The first-order chi connectivity index (χ1) is 8.78. The minimum Gasteiger partial charge on any atom is -0.443 e. The van der Waals surface area contributed by atoms with Crippen molar-refractivity contribution in [2.24, 2.45) is 5.73 Å². The van der Waals surface area contributed by atoms with E-state index in [4.69, 9.17) is 10.5 Å². The number of hydrogen-bond acceptors (Lipinski definition) is 3. The highest BCUT2D eigenvalue weighted by Crippen LogP contribution is 2.35. The summed E-state index contributed by atoms with van der Waals surface area (Å²) in [6, 6.07) is 5.79. The Kier molecular flexibility index (Phi) is 5.46. The van der Waals surface area contributed by atoms with Gasteiger partial charge in [-0.3, -0.25) is 4.90 Å². The number of nitrogens with zero attached hydrogens (tertiary/aromatic N) is 1. The molecule has 1 atom stereocenters. The molecule has 0 saturated carbocycles. The maximum absolute atomic E-state index is 12.2. The molecule has 0 fully saturated rings. The van der Waals surface area contributed by atoms with E-state index in [0.717, 1.165) is 22.1 Å². The van der Waals surface area contributed by atoms with Crippen molar-refractivity contribution in [3.8, 4) is 0 Å². The molecule has 0 radical (unpaired) electrons. The molecule has 112 valence electrons. The van der Waals surface area contributed by atoms with Crippen LogP contribution in [0.15, 0.2) is 22.7 Å². The molecule has 6 heteroatoms. The molecule has 0 saturated heterocycles. The zero-order valence-electron chi connectivity index (χ0n) is 11.9. The van der Waals surface area contributed by atoms with Crippen molar-refractivity contribution in [1.29, 1.82) is 0 Å². The molecule has 1 aromatic rings. The van der Waals surface area contributed by atoms with Crippen LogP contribution in [0.5, 0.6) is 0 Å². The second kappa shape index (κ2) is 6.33. The number of fused-ring (bicyclic) bond motifs is 1. The highest BCUT2D eigenvalue weighted by Gasteiger charge is 2.30. The van der Waals surface area contributed by atoms with Crippen molar-refractivity contribution in [3.05, 3.63) is 28.2 Å². The lowest BCUT2D eigenvalue weighted by Crippen LogP contribution is -2.41. The van der Waals surface area contributed by atoms with Crippen molar-refractivity contribution in [1.82, 2.24) is 0 Å². The van der Waals surface area contributed by atoms with E-state index in [0.29, 0.717) is 6.54 Å². The largest absolute Gasteiger partial charge is 0.443 e. The zero-order chi connectivity index (χ0) is 14.2. The van der Waals surface area contributed by atoms with Gasteiger partial charge in [0.15, 0.2) is 0 Å². The first-order valence-electron chi connectivity index (χ1n) is 6.33. The quantitative estimate of drug-likeness (QED) is 0.757. The number of rotatable bonds is 0. The third kappa shape index (κ3) is 3.87. The maximum atomic E-state index is 12.2. The van der Waals surface area contributed by atoms with Gasteiger partial charge in [-0.25, -0.2) is 4.79 Å². The number of anilines is 1. The van der Waals surface area contributed by atoms with E-state index in [1.165, 1.54) is 0 Å². The maximum Gasteiger partial charge on any atom is 0.414 e. The van der Waals surface area contributed by atoms with Crippen LogP contribution < -0.4 is 10.6 Å². The molecule has 2 rings (SSSR count). The Morgan fingerprint density at radius 2 is 2.10 bits per heavy atom. The monoisotopic (exact) mass is 362 g/mol. The fourth-order valence-corrected chi connectivity index (χ4v) is 2.46. The summed E-state index contributed by atoms with van der Waals surface area (Å²) in [4.78, 5) is 13.9. The molecule has 1 unspecified atom stereocenters. The molecular formula is C14H20BrClN2O2. The van der Waals surface area contributed by atoms with Gasteiger partial charge in [-0.2, -0.15) is 0 Å². The summed E-state index contributed by atoms with van der Waals surface area (Å²) >= 11 is 3.43. The molecule has 1 amide bonds. The van der Waals surface area contributed by atoms with Gasteiger partial charge in [0.05, 0.1) is 5.69 Å². The highest BCUT2D eigenvalue weighted by atomic mass is 79.9. The molecule has 1 aliphatic heterocycles. The average Bonchev–Trinajstić information content (AvgIpc) is 2.26. The van der Waals surface area contributed by atoms with Gasteiger partial charge >= 0.3 is 6.09 Å². The molecule has 20 heavy (non-hydrogen) atoms. The van der Waals surface area contributed by atoms with Crippen LogP contribution in [-0.4, -0.2) is 18.2 Å². The molecular weight excluding hydrogens is 344 g/mol. The fourth-order valence-electron chi connectivity index (χ4n) is 2.11. The summed E-state index contributed by atoms with van der Waals surface area (Å²) in [7, 11) is 0. The molecule has 0 spiro atoms. The number of carbonyl (C=O) groups excluding carboxylic acids is 1. The Labute approximate surface area is 134 Å². The second-order valence-corrected chi connectivity index (χ2v) is 6.65. The zero-order valence-corrected chi connectivity index (χ0v) is 14.3. The summed E-state index contributed by atoms with van der Waals surface area (Å²) in [6.07, 6.45) is 0.423. The topological polar surface area (TPSA) is 55.6 Å². The first-order valence-corrected chi connectivity index (χ1v) is 7.13. The summed E-state index contributed by atoms with van der Waals surface area (Å²) in [6.45, 7) is 6.17. The van der Waals surface area contributed by atoms with Crippen LogP contribution in [0.3, 0.4) is 0 Å². The number of ether oxygens (including phenoxy) is 1. The lowest BCUT2D eigenvalue weighted by Gasteiger charge is -2.34. The van der Waals surface area contributed by atoms with Gasteiger partial charge in [0.2, 0.25) is 0 Å². The average molecular weight is 364 g/mol. The number of carbonyl (C=O) groups is 1. The van der Waals surface area contributed by atoms with E-state index >= 15 is 0 Å². The van der Waals surface area contributed by atoms with E-state index in [1.54, 1.807) is 4.90 Å². The minimum absolute atomic E-state index is 0. The van der Waals surface area contributed by atoms with Crippen LogP contribution in [0.1, 0.15) is 38.8 Å². The van der Waals surface area contributed by atoms with Crippen LogP contribution in [0.4, 0.5) is 10.5 Å². The number of benzene rings is 1. The number of halogens is 2. The van der Waals surface area contributed by atoms with Gasteiger partial charge in [0.1, 0.15) is 5.60 Å². The SMILES string of the molecule is CC(C)(C)OC(=O)N1CCC(N)c2ccc(Br)cc21.Cl. The molecule has 0 aromatic heterocycles. The van der Waals surface area contributed by atoms with Gasteiger partial charge in [0, 0.05) is 17.1 Å². The van der Waals surface area contributed by atoms with E-state index < -0.39 is 5.60 Å². The summed E-state index contributed by atoms with van der Waals surface area (Å²) in [5.41, 5.74) is 7.42. The smallest absolute Gasteiger partial charge is 0.414 e. The molecule has 2 N–H and O–H groups in total. The van der Waals surface area contributed by atoms with Crippen molar-refractivity contribution in [2.75, 3.05) is 11.4 Å². The predicted molar refractivity (Wildman–Crippen MR) is 86.5 cm³/mol. The second-order valence-electron chi connectivity index (χ2n) is 5.73. The predicted octanol–water partition coefficient (Wildman–Crippen LogP) is 4.02. The first kappa shape index (κ1) is 17.3. The van der Waals surface area contributed by atoms with Crippen molar-refractivity contribution < 1.29 is 9.53 Å². The standard InChI is InChI=1S/C14H19BrN2O2.ClH/c1-14(2,3)19-13(18)17-7-6-11(16)10-5-4-9(15)8-12(10)17;/h4-5,8,11H,6-7,16H2,1-3H3;1H. The Morgan fingerprint density at radius 3 is 2.70 bits per heavy atom. The Morgan fingerprint density at radius 1 is 1.45 bits per heavy atom. The van der Waals surface area contributed by atoms with Gasteiger partial charge in [-0.1, -0.05) is 22.0 Å². The summed E-state index contributed by atoms with van der Waals surface area (Å²) in [5, 5.41) is 0. The molecule has 1 aromatic carbocycles. The lowest BCUT2D eigenvalue weighted by molar-refractivity contribution is 0.0576. The minimum atomic E-state index is -0.497. The Bertz CT molecular complexity index is 502. The van der Waals surface area contributed by atoms with Gasteiger partial charge in [-0.05, 0) is 44.9 Å². The highest BCUT2D eigenvalue weighted by molar-refractivity contribution is 9.10. The lowest BCUT2D eigenvalue weighted by atomic mass is 9.97. The van der Waals surface area contributed by atoms with Crippen molar-refractivity contribution in [3.63, 3.8) is 0 Å². The number of hydrogen-bond donors (Lipinski definition) is 1. The van der Waals surface area contributed by atoms with Crippen LogP contribution in [0.25, 0.3) is 0 Å². The van der Waals surface area contributed by atoms with E-state index in [2.05, 4.69) is 15.9 Å². The fraction of sp³-hybridized carbons (Fsp3) is 0.500. The number of amides is 1. The number of nitrogens with two attached hydrogens (primary N) is 1. The van der Waals surface area contributed by atoms with E-state index in [9.17, 15) is 4.79 Å². The third-order valence-electron chi connectivity index (χ3n) is 2.96. The van der Waals surface area contributed by atoms with Crippen LogP contribution >= 0.6 is 28.3 Å². The molecule has 1 aliphatic rings.